The summed E-state index contributed by atoms with van der Waals surface area (Å²) >= 11 is 0. The van der Waals surface area contributed by atoms with Crippen LogP contribution in [0.4, 0.5) is 4.39 Å². The molecule has 0 aliphatic heterocycles. The summed E-state index contributed by atoms with van der Waals surface area (Å²) in [7, 11) is 0. The van der Waals surface area contributed by atoms with Crippen LogP contribution in [0.3, 0.4) is 0 Å². The molecule has 29 heavy (non-hydrogen) atoms. The summed E-state index contributed by atoms with van der Waals surface area (Å²) in [5.74, 6) is -0.433. The molecule has 0 radical (unpaired) electrons. The number of nitrogens with zero attached hydrogens (tertiary/aromatic N) is 5. The van der Waals surface area contributed by atoms with Gasteiger partial charge in [0.2, 0.25) is 0 Å². The summed E-state index contributed by atoms with van der Waals surface area (Å²) in [6.45, 7) is 3.05. The maximum Gasteiger partial charge on any atom is 0.276 e. The van der Waals surface area contributed by atoms with E-state index in [1.165, 1.54) is 17.7 Å². The molecule has 4 rings (SSSR count). The molecule has 1 aliphatic rings. The predicted molar refractivity (Wildman–Crippen MR) is 107 cm³/mol. The van der Waals surface area contributed by atoms with Crippen molar-refractivity contribution in [2.45, 2.75) is 45.2 Å². The van der Waals surface area contributed by atoms with Crippen molar-refractivity contribution in [2.75, 3.05) is 6.54 Å². The van der Waals surface area contributed by atoms with E-state index in [2.05, 4.69) is 28.3 Å². The van der Waals surface area contributed by atoms with Gasteiger partial charge in [-0.2, -0.15) is 0 Å². The van der Waals surface area contributed by atoms with Crippen LogP contribution in [0.15, 0.2) is 48.8 Å². The topological polar surface area (TPSA) is 63.9 Å². The van der Waals surface area contributed by atoms with E-state index in [1.807, 2.05) is 17.0 Å². The second kappa shape index (κ2) is 8.51. The van der Waals surface area contributed by atoms with Gasteiger partial charge in [-0.1, -0.05) is 30.3 Å². The number of carbonyl (C=O) groups is 1. The molecule has 0 bridgehead atoms. The Labute approximate surface area is 169 Å². The standard InChI is InChI=1S/C22H24FN5O/c1-2-12-28(20-10-4-7-17-8-5-11-24-21(17)20)22(29)19-15-27(26-25-19)14-16-6-3-9-18(23)13-16/h3,5-6,8-9,11,13,15,20H,2,4,7,10,12,14H2,1H3/t20-/m1/s1. The lowest BCUT2D eigenvalue weighted by molar-refractivity contribution is 0.0645. The summed E-state index contributed by atoms with van der Waals surface area (Å²) in [5, 5.41) is 8.17. The van der Waals surface area contributed by atoms with E-state index in [4.69, 9.17) is 0 Å². The highest BCUT2D eigenvalue weighted by molar-refractivity contribution is 5.92. The normalized spacial score (nSPS) is 15.7. The third-order valence-electron chi connectivity index (χ3n) is 5.26. The highest BCUT2D eigenvalue weighted by Crippen LogP contribution is 2.33. The zero-order chi connectivity index (χ0) is 20.2. The number of hydrogen-bond donors (Lipinski definition) is 0. The fourth-order valence-electron chi connectivity index (χ4n) is 3.97. The number of pyridine rings is 1. The first kappa shape index (κ1) is 19.2. The van der Waals surface area contributed by atoms with Gasteiger partial charge in [0, 0.05) is 12.7 Å². The van der Waals surface area contributed by atoms with E-state index in [9.17, 15) is 9.18 Å². The number of rotatable bonds is 6. The zero-order valence-corrected chi connectivity index (χ0v) is 16.5. The molecule has 1 amide bonds. The number of aromatic nitrogens is 4. The Morgan fingerprint density at radius 2 is 2.21 bits per heavy atom. The molecule has 2 heterocycles. The van der Waals surface area contributed by atoms with Gasteiger partial charge in [-0.3, -0.25) is 9.78 Å². The molecule has 1 aliphatic carbocycles. The fraction of sp³-hybridized carbons (Fsp3) is 0.364. The molecule has 6 nitrogen and oxygen atoms in total. The summed E-state index contributed by atoms with van der Waals surface area (Å²) in [6.07, 6.45) is 7.20. The molecule has 0 unspecified atom stereocenters. The SMILES string of the molecule is CCCN(C(=O)c1cn(Cc2cccc(F)c2)nn1)[C@@H]1CCCc2cccnc21. The summed E-state index contributed by atoms with van der Waals surface area (Å²) < 4.78 is 15.0. The van der Waals surface area contributed by atoms with Crippen molar-refractivity contribution in [3.8, 4) is 0 Å². The molecule has 3 aromatic rings. The average Bonchev–Trinajstić information content (AvgIpc) is 3.20. The van der Waals surface area contributed by atoms with Gasteiger partial charge in [0.05, 0.1) is 24.5 Å². The molecule has 150 valence electrons. The van der Waals surface area contributed by atoms with Gasteiger partial charge in [-0.05, 0) is 55.0 Å². The van der Waals surface area contributed by atoms with Crippen LogP contribution in [-0.4, -0.2) is 37.3 Å². The molecule has 0 spiro atoms. The number of benzene rings is 1. The van der Waals surface area contributed by atoms with Crippen molar-refractivity contribution in [3.63, 3.8) is 0 Å². The molecule has 0 N–H and O–H groups in total. The Morgan fingerprint density at radius 1 is 1.31 bits per heavy atom. The van der Waals surface area contributed by atoms with Gasteiger partial charge >= 0.3 is 0 Å². The van der Waals surface area contributed by atoms with E-state index in [1.54, 1.807) is 23.1 Å². The monoisotopic (exact) mass is 393 g/mol. The minimum absolute atomic E-state index is 0.0410. The Kier molecular flexibility index (Phi) is 5.64. The minimum Gasteiger partial charge on any atom is -0.329 e. The van der Waals surface area contributed by atoms with E-state index in [-0.39, 0.29) is 17.8 Å². The number of carbonyl (C=O) groups excluding carboxylic acids is 1. The van der Waals surface area contributed by atoms with E-state index in [0.717, 1.165) is 36.9 Å². The first-order valence-electron chi connectivity index (χ1n) is 10.0. The predicted octanol–water partition coefficient (Wildman–Crippen LogP) is 3.79. The molecule has 2 aromatic heterocycles. The number of fused-ring (bicyclic) bond motifs is 1. The summed E-state index contributed by atoms with van der Waals surface area (Å²) in [4.78, 5) is 19.7. The van der Waals surface area contributed by atoms with Gasteiger partial charge in [0.1, 0.15) is 5.82 Å². The third kappa shape index (κ3) is 4.18. The quantitative estimate of drug-likeness (QED) is 0.639. The Balaban J connectivity index is 1.56. The number of aryl methyl sites for hydroxylation is 1. The van der Waals surface area contributed by atoms with Crippen molar-refractivity contribution in [1.29, 1.82) is 0 Å². The zero-order valence-electron chi connectivity index (χ0n) is 16.5. The van der Waals surface area contributed by atoms with Crippen LogP contribution in [0.5, 0.6) is 0 Å². The van der Waals surface area contributed by atoms with Gasteiger partial charge in [0.25, 0.3) is 5.91 Å². The average molecular weight is 393 g/mol. The van der Waals surface area contributed by atoms with Crippen LogP contribution in [0.1, 0.15) is 59.5 Å². The lowest BCUT2D eigenvalue weighted by atomic mass is 9.90. The van der Waals surface area contributed by atoms with Gasteiger partial charge < -0.3 is 4.90 Å². The first-order valence-corrected chi connectivity index (χ1v) is 10.0. The first-order chi connectivity index (χ1) is 14.2. The van der Waals surface area contributed by atoms with Crippen LogP contribution in [-0.2, 0) is 13.0 Å². The van der Waals surface area contributed by atoms with Crippen molar-refractivity contribution in [3.05, 3.63) is 77.1 Å². The lowest BCUT2D eigenvalue weighted by Gasteiger charge is -2.34. The number of hydrogen-bond acceptors (Lipinski definition) is 4. The van der Waals surface area contributed by atoms with E-state index >= 15 is 0 Å². The van der Waals surface area contributed by atoms with Crippen LogP contribution in [0.2, 0.25) is 0 Å². The molecule has 0 saturated carbocycles. The minimum atomic E-state index is -0.295. The van der Waals surface area contributed by atoms with Crippen LogP contribution >= 0.6 is 0 Å². The van der Waals surface area contributed by atoms with Crippen molar-refractivity contribution >= 4 is 5.91 Å². The van der Waals surface area contributed by atoms with Crippen molar-refractivity contribution < 1.29 is 9.18 Å². The highest BCUT2D eigenvalue weighted by atomic mass is 19.1. The Bertz CT molecular complexity index is 1000. The molecule has 0 fully saturated rings. The molecule has 7 heteroatoms. The third-order valence-corrected chi connectivity index (χ3v) is 5.26. The van der Waals surface area contributed by atoms with Gasteiger partial charge in [-0.15, -0.1) is 5.10 Å². The number of amides is 1. The highest BCUT2D eigenvalue weighted by Gasteiger charge is 2.31. The molecule has 1 aromatic carbocycles. The lowest BCUT2D eigenvalue weighted by Crippen LogP contribution is -2.38. The second-order valence-corrected chi connectivity index (χ2v) is 7.39. The summed E-state index contributed by atoms with van der Waals surface area (Å²) in [6, 6.07) is 10.3. The Hall–Kier alpha value is -3.09. The van der Waals surface area contributed by atoms with E-state index in [0.29, 0.717) is 18.8 Å². The molecular weight excluding hydrogens is 369 g/mol. The molecular formula is C22H24FN5O. The van der Waals surface area contributed by atoms with E-state index < -0.39 is 0 Å². The van der Waals surface area contributed by atoms with Gasteiger partial charge in [-0.25, -0.2) is 9.07 Å². The van der Waals surface area contributed by atoms with Gasteiger partial charge in [0.15, 0.2) is 5.69 Å². The van der Waals surface area contributed by atoms with Crippen molar-refractivity contribution in [2.24, 2.45) is 0 Å². The maximum atomic E-state index is 13.4. The second-order valence-electron chi connectivity index (χ2n) is 7.39. The molecule has 0 saturated heterocycles. The maximum absolute atomic E-state index is 13.4. The van der Waals surface area contributed by atoms with Crippen LogP contribution in [0.25, 0.3) is 0 Å². The Morgan fingerprint density at radius 3 is 3.03 bits per heavy atom. The smallest absolute Gasteiger partial charge is 0.276 e. The fourth-order valence-corrected chi connectivity index (χ4v) is 3.97. The van der Waals surface area contributed by atoms with Crippen LogP contribution < -0.4 is 0 Å². The van der Waals surface area contributed by atoms with Crippen LogP contribution in [0, 0.1) is 5.82 Å². The van der Waals surface area contributed by atoms with Crippen molar-refractivity contribution in [1.82, 2.24) is 24.9 Å². The number of halogens is 1. The largest absolute Gasteiger partial charge is 0.329 e. The molecule has 1 atom stereocenters. The summed E-state index contributed by atoms with van der Waals surface area (Å²) in [5.41, 5.74) is 3.28.